The minimum atomic E-state index is -0.0121. The SMILES string of the molecule is C=C(Nc1cccc([C@H](C)Nc2cnc3ccn(-c4ccc(OC)c(OC)c4)c3n2)c1)c1cncc(C)c1. The van der Waals surface area contributed by atoms with Crippen LogP contribution in [0.4, 0.5) is 11.5 Å². The van der Waals surface area contributed by atoms with Crippen molar-refractivity contribution in [3.8, 4) is 17.2 Å². The van der Waals surface area contributed by atoms with E-state index in [2.05, 4.69) is 52.3 Å². The lowest BCUT2D eigenvalue weighted by Gasteiger charge is -2.17. The molecule has 0 fully saturated rings. The van der Waals surface area contributed by atoms with Crippen LogP contribution in [0.5, 0.6) is 11.5 Å². The summed E-state index contributed by atoms with van der Waals surface area (Å²) in [4.78, 5) is 13.8. The number of hydrogen-bond donors (Lipinski definition) is 2. The Kier molecular flexibility index (Phi) is 6.95. The average molecular weight is 507 g/mol. The van der Waals surface area contributed by atoms with Crippen LogP contribution in [-0.4, -0.2) is 33.7 Å². The molecule has 0 unspecified atom stereocenters. The standard InChI is InChI=1S/C30H30N6O2/c1-19-13-23(17-31-16-19)21(3)33-24-8-6-7-22(14-24)20(2)34-29-18-32-26-11-12-36(30(26)35-29)25-9-10-27(37-4)28(15-25)38-5/h6-18,20,33H,3H2,1-2,4-5H3,(H,34,35)/t20-/m0/s1. The number of pyridine rings is 1. The van der Waals surface area contributed by atoms with E-state index in [1.807, 2.05) is 66.5 Å². The summed E-state index contributed by atoms with van der Waals surface area (Å²) in [6, 6.07) is 18.0. The highest BCUT2D eigenvalue weighted by Crippen LogP contribution is 2.31. The fourth-order valence-corrected chi connectivity index (χ4v) is 4.31. The van der Waals surface area contributed by atoms with Gasteiger partial charge in [-0.1, -0.05) is 18.7 Å². The second-order valence-electron chi connectivity index (χ2n) is 9.04. The number of hydrogen-bond acceptors (Lipinski definition) is 7. The van der Waals surface area contributed by atoms with Crippen molar-refractivity contribution in [1.29, 1.82) is 0 Å². The molecule has 8 heteroatoms. The fraction of sp³-hybridized carbons (Fsp3) is 0.167. The van der Waals surface area contributed by atoms with Crippen molar-refractivity contribution in [1.82, 2.24) is 19.5 Å². The Morgan fingerprint density at radius 3 is 2.61 bits per heavy atom. The molecule has 0 aliphatic carbocycles. The minimum absolute atomic E-state index is 0.0121. The van der Waals surface area contributed by atoms with Crippen LogP contribution in [0.1, 0.15) is 29.7 Å². The van der Waals surface area contributed by atoms with Gasteiger partial charge in [0.1, 0.15) is 11.3 Å². The van der Waals surface area contributed by atoms with Gasteiger partial charge < -0.3 is 20.1 Å². The van der Waals surface area contributed by atoms with Gasteiger partial charge in [0.05, 0.1) is 32.1 Å². The molecule has 0 saturated carbocycles. The first-order valence-electron chi connectivity index (χ1n) is 12.3. The summed E-state index contributed by atoms with van der Waals surface area (Å²) >= 11 is 0. The highest BCUT2D eigenvalue weighted by molar-refractivity contribution is 5.76. The molecule has 192 valence electrons. The lowest BCUT2D eigenvalue weighted by atomic mass is 10.1. The first-order chi connectivity index (χ1) is 18.4. The highest BCUT2D eigenvalue weighted by Gasteiger charge is 2.13. The van der Waals surface area contributed by atoms with Gasteiger partial charge in [0.15, 0.2) is 17.1 Å². The number of ether oxygens (including phenoxy) is 2. The van der Waals surface area contributed by atoms with E-state index >= 15 is 0 Å². The van der Waals surface area contributed by atoms with Crippen molar-refractivity contribution in [2.24, 2.45) is 0 Å². The Hall–Kier alpha value is -4.85. The van der Waals surface area contributed by atoms with Crippen molar-refractivity contribution in [2.45, 2.75) is 19.9 Å². The maximum absolute atomic E-state index is 5.48. The van der Waals surface area contributed by atoms with Crippen molar-refractivity contribution in [3.05, 3.63) is 103 Å². The lowest BCUT2D eigenvalue weighted by Crippen LogP contribution is -2.09. The van der Waals surface area contributed by atoms with Gasteiger partial charge in [-0.05, 0) is 61.4 Å². The van der Waals surface area contributed by atoms with Gasteiger partial charge in [-0.2, -0.15) is 0 Å². The monoisotopic (exact) mass is 506 g/mol. The molecule has 3 heterocycles. The molecular weight excluding hydrogens is 476 g/mol. The van der Waals surface area contributed by atoms with Crippen LogP contribution < -0.4 is 20.1 Å². The van der Waals surface area contributed by atoms with Crippen molar-refractivity contribution in [3.63, 3.8) is 0 Å². The Morgan fingerprint density at radius 1 is 0.974 bits per heavy atom. The molecule has 0 radical (unpaired) electrons. The predicted octanol–water partition coefficient (Wildman–Crippen LogP) is 6.40. The zero-order valence-electron chi connectivity index (χ0n) is 21.9. The largest absolute Gasteiger partial charge is 0.493 e. The van der Waals surface area contributed by atoms with Crippen LogP contribution in [0.25, 0.3) is 22.5 Å². The molecule has 3 aromatic heterocycles. The molecule has 0 bridgehead atoms. The summed E-state index contributed by atoms with van der Waals surface area (Å²) in [7, 11) is 3.25. The summed E-state index contributed by atoms with van der Waals surface area (Å²) in [5.74, 6) is 2.00. The van der Waals surface area contributed by atoms with Gasteiger partial charge >= 0.3 is 0 Å². The third kappa shape index (κ3) is 5.15. The van der Waals surface area contributed by atoms with E-state index in [4.69, 9.17) is 14.5 Å². The predicted molar refractivity (Wildman–Crippen MR) is 152 cm³/mol. The molecule has 0 spiro atoms. The van der Waals surface area contributed by atoms with E-state index in [1.165, 1.54) is 0 Å². The Balaban J connectivity index is 1.36. The number of aromatic nitrogens is 4. The van der Waals surface area contributed by atoms with Gasteiger partial charge in [0.2, 0.25) is 0 Å². The Morgan fingerprint density at radius 2 is 1.82 bits per heavy atom. The number of benzene rings is 2. The van der Waals surface area contributed by atoms with E-state index < -0.39 is 0 Å². The van der Waals surface area contributed by atoms with Crippen LogP contribution in [0.15, 0.2) is 86.0 Å². The molecule has 0 aliphatic rings. The first kappa shape index (κ1) is 24.8. The zero-order valence-corrected chi connectivity index (χ0v) is 21.9. The summed E-state index contributed by atoms with van der Waals surface area (Å²) in [6.45, 7) is 8.29. The molecule has 1 atom stereocenters. The quantitative estimate of drug-likeness (QED) is 0.239. The Bertz CT molecular complexity index is 1610. The fourth-order valence-electron chi connectivity index (χ4n) is 4.31. The van der Waals surface area contributed by atoms with E-state index in [-0.39, 0.29) is 6.04 Å². The first-order valence-corrected chi connectivity index (χ1v) is 12.3. The molecule has 0 saturated heterocycles. The molecule has 5 aromatic rings. The Labute approximate surface area is 222 Å². The maximum atomic E-state index is 5.48. The van der Waals surface area contributed by atoms with Crippen molar-refractivity contribution in [2.75, 3.05) is 24.9 Å². The number of rotatable bonds is 9. The van der Waals surface area contributed by atoms with Crippen LogP contribution in [0.2, 0.25) is 0 Å². The molecule has 2 aromatic carbocycles. The van der Waals surface area contributed by atoms with Gasteiger partial charge in [0, 0.05) is 41.6 Å². The van der Waals surface area contributed by atoms with Crippen LogP contribution in [-0.2, 0) is 0 Å². The van der Waals surface area contributed by atoms with E-state index in [0.29, 0.717) is 17.3 Å². The average Bonchev–Trinajstić information content (AvgIpc) is 3.36. The minimum Gasteiger partial charge on any atom is -0.493 e. The topological polar surface area (TPSA) is 86.1 Å². The maximum Gasteiger partial charge on any atom is 0.165 e. The molecule has 8 nitrogen and oxygen atoms in total. The van der Waals surface area contributed by atoms with Crippen molar-refractivity contribution < 1.29 is 9.47 Å². The second kappa shape index (κ2) is 10.6. The summed E-state index contributed by atoms with van der Waals surface area (Å²) in [6.07, 6.45) is 7.34. The van der Waals surface area contributed by atoms with E-state index in [9.17, 15) is 0 Å². The number of anilines is 2. The van der Waals surface area contributed by atoms with Gasteiger partial charge in [-0.25, -0.2) is 9.97 Å². The zero-order chi connectivity index (χ0) is 26.6. The summed E-state index contributed by atoms with van der Waals surface area (Å²) in [5, 5.41) is 6.88. The summed E-state index contributed by atoms with van der Waals surface area (Å²) < 4.78 is 12.8. The van der Waals surface area contributed by atoms with Crippen LogP contribution >= 0.6 is 0 Å². The highest BCUT2D eigenvalue weighted by atomic mass is 16.5. The van der Waals surface area contributed by atoms with Gasteiger partial charge in [0.25, 0.3) is 0 Å². The van der Waals surface area contributed by atoms with E-state index in [1.54, 1.807) is 20.4 Å². The van der Waals surface area contributed by atoms with Crippen LogP contribution in [0.3, 0.4) is 0 Å². The smallest absolute Gasteiger partial charge is 0.165 e. The number of fused-ring (bicyclic) bond motifs is 1. The molecule has 2 N–H and O–H groups in total. The number of nitrogens with one attached hydrogen (secondary N) is 2. The molecule has 38 heavy (non-hydrogen) atoms. The molecule has 0 amide bonds. The number of nitrogens with zero attached hydrogens (tertiary/aromatic N) is 4. The lowest BCUT2D eigenvalue weighted by molar-refractivity contribution is 0.355. The van der Waals surface area contributed by atoms with Gasteiger partial charge in [-0.15, -0.1) is 0 Å². The molecular formula is C30H30N6O2. The van der Waals surface area contributed by atoms with Crippen molar-refractivity contribution >= 4 is 28.4 Å². The molecule has 0 aliphatic heterocycles. The third-order valence-corrected chi connectivity index (χ3v) is 6.31. The normalized spacial score (nSPS) is 11.7. The molecule has 5 rings (SSSR count). The summed E-state index contributed by atoms with van der Waals surface area (Å²) in [5.41, 5.74) is 7.34. The third-order valence-electron chi connectivity index (χ3n) is 6.31. The van der Waals surface area contributed by atoms with Gasteiger partial charge in [-0.3, -0.25) is 9.55 Å². The second-order valence-corrected chi connectivity index (χ2v) is 9.04. The number of methoxy groups -OCH3 is 2. The van der Waals surface area contributed by atoms with E-state index in [0.717, 1.165) is 44.9 Å². The number of aryl methyl sites for hydroxylation is 1. The van der Waals surface area contributed by atoms with Crippen LogP contribution in [0, 0.1) is 6.92 Å².